The summed E-state index contributed by atoms with van der Waals surface area (Å²) in [5.74, 6) is -2.84. The number of ether oxygens (including phenoxy) is 2. The van der Waals surface area contributed by atoms with Crippen LogP contribution in [0.5, 0.6) is 0 Å². The summed E-state index contributed by atoms with van der Waals surface area (Å²) in [5, 5.41) is -0.412. The van der Waals surface area contributed by atoms with Crippen molar-refractivity contribution in [2.75, 3.05) is 6.79 Å². The Balaban J connectivity index is 2.38. The molecule has 1 aromatic carbocycles. The van der Waals surface area contributed by atoms with Crippen molar-refractivity contribution in [1.82, 2.24) is 4.57 Å². The summed E-state index contributed by atoms with van der Waals surface area (Å²) in [6.45, 7) is 2.35. The molecule has 0 bridgehead atoms. The van der Waals surface area contributed by atoms with Crippen LogP contribution in [0.3, 0.4) is 0 Å². The molecule has 0 amide bonds. The maximum atomic E-state index is 13.5. The third-order valence-corrected chi connectivity index (χ3v) is 3.60. The first-order valence-corrected chi connectivity index (χ1v) is 8.03. The number of nitrogens with zero attached hydrogens (tertiary/aromatic N) is 1. The molecule has 0 saturated carbocycles. The molecule has 0 aliphatic carbocycles. The van der Waals surface area contributed by atoms with Crippen LogP contribution in [-0.2, 0) is 20.8 Å². The maximum Gasteiger partial charge on any atom is 0.406 e. The molecular weight excluding hydrogens is 386 g/mol. The van der Waals surface area contributed by atoms with E-state index in [9.17, 15) is 31.9 Å². The summed E-state index contributed by atoms with van der Waals surface area (Å²) in [6, 6.07) is 2.65. The normalized spacial score (nSPS) is 12.1. The molecule has 0 saturated heterocycles. The van der Waals surface area contributed by atoms with Crippen molar-refractivity contribution in [3.63, 3.8) is 0 Å². The molecule has 0 atom stereocenters. The van der Waals surface area contributed by atoms with Gasteiger partial charge in [-0.1, -0.05) is 0 Å². The Labute approximate surface area is 156 Å². The minimum Gasteiger partial charge on any atom is -0.427 e. The largest absolute Gasteiger partial charge is 0.427 e. The maximum absolute atomic E-state index is 13.5. The van der Waals surface area contributed by atoms with Crippen molar-refractivity contribution < 1.29 is 36.6 Å². The SMILES string of the molecule is CC(C)(C)C(=O)OCOC(=O)c1cn(CC(F)(F)F)c2ccc(F)cc2c1=O. The van der Waals surface area contributed by atoms with Crippen LogP contribution in [0.1, 0.15) is 31.1 Å². The van der Waals surface area contributed by atoms with Gasteiger partial charge in [-0.25, -0.2) is 9.18 Å². The third-order valence-electron chi connectivity index (χ3n) is 3.60. The highest BCUT2D eigenvalue weighted by Crippen LogP contribution is 2.22. The molecule has 0 spiro atoms. The fraction of sp³-hybridized carbons (Fsp3) is 0.389. The van der Waals surface area contributed by atoms with Crippen LogP contribution in [0.25, 0.3) is 10.9 Å². The average Bonchev–Trinajstić information content (AvgIpc) is 2.55. The first-order chi connectivity index (χ1) is 12.8. The van der Waals surface area contributed by atoms with E-state index in [-0.39, 0.29) is 5.52 Å². The number of carbonyl (C=O) groups is 2. The molecule has 0 aliphatic heterocycles. The quantitative estimate of drug-likeness (QED) is 0.444. The number of carbonyl (C=O) groups excluding carboxylic acids is 2. The molecule has 28 heavy (non-hydrogen) atoms. The van der Waals surface area contributed by atoms with Gasteiger partial charge in [0.25, 0.3) is 0 Å². The Morgan fingerprint density at radius 3 is 2.32 bits per heavy atom. The Morgan fingerprint density at radius 2 is 1.75 bits per heavy atom. The molecular formula is C18H17F4NO5. The standard InChI is InChI=1S/C18H17F4NO5/c1-17(2,3)16(26)28-9-27-15(25)12-7-23(8-18(20,21)22)13-5-4-10(19)6-11(13)14(12)24/h4-7H,8-9H2,1-3H3. The van der Waals surface area contributed by atoms with Crippen molar-refractivity contribution in [3.05, 3.63) is 46.0 Å². The number of pyridine rings is 1. The summed E-state index contributed by atoms with van der Waals surface area (Å²) in [6.07, 6.45) is -3.97. The lowest BCUT2D eigenvalue weighted by molar-refractivity contribution is -0.161. The van der Waals surface area contributed by atoms with E-state index in [2.05, 4.69) is 4.74 Å². The fourth-order valence-corrected chi connectivity index (χ4v) is 2.27. The summed E-state index contributed by atoms with van der Waals surface area (Å²) in [4.78, 5) is 36.2. The first-order valence-electron chi connectivity index (χ1n) is 8.03. The van der Waals surface area contributed by atoms with E-state index in [1.807, 2.05) is 0 Å². The summed E-state index contributed by atoms with van der Waals surface area (Å²) in [5.41, 5.74) is -2.81. The van der Waals surface area contributed by atoms with Crippen LogP contribution >= 0.6 is 0 Å². The van der Waals surface area contributed by atoms with E-state index >= 15 is 0 Å². The molecule has 2 rings (SSSR count). The zero-order valence-corrected chi connectivity index (χ0v) is 15.2. The summed E-state index contributed by atoms with van der Waals surface area (Å²) >= 11 is 0. The lowest BCUT2D eigenvalue weighted by atomic mass is 9.98. The number of esters is 2. The molecule has 0 radical (unpaired) electrons. The van der Waals surface area contributed by atoms with E-state index < -0.39 is 59.1 Å². The smallest absolute Gasteiger partial charge is 0.406 e. The van der Waals surface area contributed by atoms with Gasteiger partial charge in [0.15, 0.2) is 0 Å². The zero-order chi connectivity index (χ0) is 21.3. The van der Waals surface area contributed by atoms with Gasteiger partial charge in [0.1, 0.15) is 17.9 Å². The van der Waals surface area contributed by atoms with Crippen molar-refractivity contribution >= 4 is 22.8 Å². The van der Waals surface area contributed by atoms with Crippen LogP contribution in [0.4, 0.5) is 17.6 Å². The van der Waals surface area contributed by atoms with Gasteiger partial charge in [0.2, 0.25) is 12.2 Å². The van der Waals surface area contributed by atoms with E-state index in [4.69, 9.17) is 4.74 Å². The van der Waals surface area contributed by atoms with Gasteiger partial charge >= 0.3 is 18.1 Å². The number of aromatic nitrogens is 1. The van der Waals surface area contributed by atoms with E-state index in [0.717, 1.165) is 18.2 Å². The minimum atomic E-state index is -4.65. The molecule has 0 N–H and O–H groups in total. The summed E-state index contributed by atoms with van der Waals surface area (Å²) in [7, 11) is 0. The minimum absolute atomic E-state index is 0.195. The monoisotopic (exact) mass is 403 g/mol. The highest BCUT2D eigenvalue weighted by molar-refractivity contribution is 5.93. The van der Waals surface area contributed by atoms with Crippen molar-refractivity contribution in [2.45, 2.75) is 33.5 Å². The fourth-order valence-electron chi connectivity index (χ4n) is 2.27. The molecule has 1 heterocycles. The second kappa shape index (κ2) is 7.61. The van der Waals surface area contributed by atoms with E-state index in [1.54, 1.807) is 20.8 Å². The predicted octanol–water partition coefficient (Wildman–Crippen LogP) is 3.41. The van der Waals surface area contributed by atoms with Crippen LogP contribution in [-0.4, -0.2) is 29.5 Å². The van der Waals surface area contributed by atoms with E-state index in [1.165, 1.54) is 0 Å². The number of alkyl halides is 3. The van der Waals surface area contributed by atoms with Gasteiger partial charge < -0.3 is 14.0 Å². The molecule has 10 heteroatoms. The first kappa shape index (κ1) is 21.4. The molecule has 152 valence electrons. The number of benzene rings is 1. The van der Waals surface area contributed by atoms with Crippen LogP contribution < -0.4 is 5.43 Å². The van der Waals surface area contributed by atoms with E-state index in [0.29, 0.717) is 10.8 Å². The van der Waals surface area contributed by atoms with Crippen molar-refractivity contribution in [3.8, 4) is 0 Å². The highest BCUT2D eigenvalue weighted by atomic mass is 19.4. The van der Waals surface area contributed by atoms with Gasteiger partial charge in [0, 0.05) is 11.6 Å². The third kappa shape index (κ3) is 5.08. The van der Waals surface area contributed by atoms with Crippen LogP contribution in [0.2, 0.25) is 0 Å². The topological polar surface area (TPSA) is 74.6 Å². The lowest BCUT2D eigenvalue weighted by Gasteiger charge is -2.17. The van der Waals surface area contributed by atoms with Gasteiger partial charge in [0.05, 0.1) is 10.9 Å². The second-order valence-corrected chi connectivity index (χ2v) is 7.01. The van der Waals surface area contributed by atoms with Crippen molar-refractivity contribution in [1.29, 1.82) is 0 Å². The highest BCUT2D eigenvalue weighted by Gasteiger charge is 2.30. The zero-order valence-electron chi connectivity index (χ0n) is 15.2. The Hall–Kier alpha value is -2.91. The molecule has 0 fully saturated rings. The molecule has 0 aliphatic rings. The second-order valence-electron chi connectivity index (χ2n) is 7.01. The van der Waals surface area contributed by atoms with Gasteiger partial charge in [-0.3, -0.25) is 9.59 Å². The molecule has 2 aromatic rings. The molecule has 6 nitrogen and oxygen atoms in total. The molecule has 1 aromatic heterocycles. The van der Waals surface area contributed by atoms with Gasteiger partial charge in [-0.2, -0.15) is 13.2 Å². The Bertz CT molecular complexity index is 973. The summed E-state index contributed by atoms with van der Waals surface area (Å²) < 4.78 is 62.0. The van der Waals surface area contributed by atoms with Gasteiger partial charge in [-0.05, 0) is 39.0 Å². The van der Waals surface area contributed by atoms with Crippen LogP contribution in [0, 0.1) is 11.2 Å². The lowest BCUT2D eigenvalue weighted by Crippen LogP contribution is -2.27. The van der Waals surface area contributed by atoms with Crippen molar-refractivity contribution in [2.24, 2.45) is 5.41 Å². The van der Waals surface area contributed by atoms with Gasteiger partial charge in [-0.15, -0.1) is 0 Å². The Kier molecular flexibility index (Phi) is 5.81. The number of halogens is 4. The number of fused-ring (bicyclic) bond motifs is 1. The predicted molar refractivity (Wildman–Crippen MR) is 90.1 cm³/mol. The average molecular weight is 403 g/mol. The van der Waals surface area contributed by atoms with Crippen LogP contribution in [0.15, 0.2) is 29.2 Å². The number of hydrogen-bond acceptors (Lipinski definition) is 5. The number of rotatable bonds is 4. The number of hydrogen-bond donors (Lipinski definition) is 0. The Morgan fingerprint density at radius 1 is 1.11 bits per heavy atom. The molecule has 0 unspecified atom stereocenters.